The molecular formula is C22H32O6. The Morgan fingerprint density at radius 2 is 1.54 bits per heavy atom. The third-order valence-electron chi connectivity index (χ3n) is 5.27. The van der Waals surface area contributed by atoms with Gasteiger partial charge in [-0.15, -0.1) is 0 Å². The van der Waals surface area contributed by atoms with Gasteiger partial charge in [0.2, 0.25) is 0 Å². The Morgan fingerprint density at radius 1 is 1.00 bits per heavy atom. The highest BCUT2D eigenvalue weighted by molar-refractivity contribution is 5.77. The largest absolute Gasteiger partial charge is 0.489 e. The van der Waals surface area contributed by atoms with E-state index in [4.69, 9.17) is 9.47 Å². The maximum Gasteiger partial charge on any atom is 0.312 e. The van der Waals surface area contributed by atoms with Crippen LogP contribution in [0.5, 0.6) is 11.5 Å². The van der Waals surface area contributed by atoms with Gasteiger partial charge in [-0.25, -0.2) is 0 Å². The fourth-order valence-electron chi connectivity index (χ4n) is 3.23. The molecule has 0 saturated heterocycles. The number of ketones is 1. The standard InChI is InChI=1S/C22H32O6/c1-9-18(22(7,8)21(25)26)28-20-14(4)13(3)19(27-16(6)24)15(5)17(20)11-10-12(2)23/h18H,9-11H2,1-8H3,(H,25,26). The number of aliphatic carboxylic acids is 1. The number of carbonyl (C=O) groups is 3. The van der Waals surface area contributed by atoms with Crippen molar-refractivity contribution in [2.45, 2.75) is 80.8 Å². The second-order valence-corrected chi connectivity index (χ2v) is 7.85. The third kappa shape index (κ3) is 5.12. The second kappa shape index (κ2) is 9.22. The van der Waals surface area contributed by atoms with Crippen molar-refractivity contribution in [3.05, 3.63) is 22.3 Å². The van der Waals surface area contributed by atoms with E-state index in [-0.39, 0.29) is 5.78 Å². The molecule has 6 heteroatoms. The summed E-state index contributed by atoms with van der Waals surface area (Å²) in [5.74, 6) is -0.271. The number of Topliss-reactive ketones (excluding diaryl/α,β-unsaturated/α-hetero) is 1. The Hall–Kier alpha value is -2.37. The van der Waals surface area contributed by atoms with E-state index >= 15 is 0 Å². The number of hydrogen-bond acceptors (Lipinski definition) is 5. The molecule has 1 aromatic rings. The van der Waals surface area contributed by atoms with Gasteiger partial charge in [0.05, 0.1) is 5.41 Å². The second-order valence-electron chi connectivity index (χ2n) is 7.85. The van der Waals surface area contributed by atoms with E-state index in [1.807, 2.05) is 27.7 Å². The molecule has 0 bridgehead atoms. The van der Waals surface area contributed by atoms with Crippen molar-refractivity contribution in [2.24, 2.45) is 5.41 Å². The first-order valence-electron chi connectivity index (χ1n) is 9.55. The lowest BCUT2D eigenvalue weighted by Crippen LogP contribution is -2.41. The van der Waals surface area contributed by atoms with Crippen LogP contribution in [-0.2, 0) is 20.8 Å². The van der Waals surface area contributed by atoms with E-state index in [1.165, 1.54) is 13.8 Å². The zero-order chi connectivity index (χ0) is 21.8. The molecule has 1 rings (SSSR count). The predicted molar refractivity (Wildman–Crippen MR) is 107 cm³/mol. The quantitative estimate of drug-likeness (QED) is 0.497. The smallest absolute Gasteiger partial charge is 0.312 e. The van der Waals surface area contributed by atoms with Crippen molar-refractivity contribution in [1.82, 2.24) is 0 Å². The van der Waals surface area contributed by atoms with Gasteiger partial charge < -0.3 is 19.4 Å². The molecule has 0 saturated carbocycles. The lowest BCUT2D eigenvalue weighted by atomic mass is 9.84. The van der Waals surface area contributed by atoms with Crippen LogP contribution in [0.4, 0.5) is 0 Å². The fraction of sp³-hybridized carbons (Fsp3) is 0.591. The Balaban J connectivity index is 3.60. The van der Waals surface area contributed by atoms with Crippen molar-refractivity contribution in [2.75, 3.05) is 0 Å². The molecule has 0 aliphatic rings. The van der Waals surface area contributed by atoms with Gasteiger partial charge in [-0.05, 0) is 71.1 Å². The van der Waals surface area contributed by atoms with Crippen molar-refractivity contribution < 1.29 is 29.0 Å². The van der Waals surface area contributed by atoms with Crippen LogP contribution >= 0.6 is 0 Å². The molecule has 0 fully saturated rings. The van der Waals surface area contributed by atoms with Gasteiger partial charge in [0.15, 0.2) is 0 Å². The molecule has 1 atom stereocenters. The van der Waals surface area contributed by atoms with Gasteiger partial charge in [0.1, 0.15) is 23.4 Å². The molecule has 0 heterocycles. The van der Waals surface area contributed by atoms with Gasteiger partial charge in [-0.3, -0.25) is 9.59 Å². The SMILES string of the molecule is CCC(Oc1c(C)c(C)c(OC(C)=O)c(C)c1CCC(C)=O)C(C)(C)C(=O)O. The average molecular weight is 392 g/mol. The van der Waals surface area contributed by atoms with Crippen molar-refractivity contribution in [1.29, 1.82) is 0 Å². The molecule has 28 heavy (non-hydrogen) atoms. The normalized spacial score (nSPS) is 12.4. The van der Waals surface area contributed by atoms with E-state index in [0.717, 1.165) is 22.3 Å². The predicted octanol–water partition coefficient (Wildman–Crippen LogP) is 4.33. The van der Waals surface area contributed by atoms with E-state index in [0.29, 0.717) is 30.8 Å². The van der Waals surface area contributed by atoms with Crippen molar-refractivity contribution in [3.8, 4) is 11.5 Å². The van der Waals surface area contributed by atoms with E-state index < -0.39 is 23.5 Å². The van der Waals surface area contributed by atoms with Crippen LogP contribution in [0.1, 0.15) is 69.7 Å². The third-order valence-corrected chi connectivity index (χ3v) is 5.27. The number of rotatable bonds is 9. The molecule has 0 aliphatic carbocycles. The highest BCUT2D eigenvalue weighted by atomic mass is 16.5. The minimum Gasteiger partial charge on any atom is -0.489 e. The molecule has 0 amide bonds. The number of benzene rings is 1. The number of esters is 1. The summed E-state index contributed by atoms with van der Waals surface area (Å²) in [5.41, 5.74) is 1.96. The Labute approximate surface area is 167 Å². The summed E-state index contributed by atoms with van der Waals surface area (Å²) in [5, 5.41) is 9.61. The number of ether oxygens (including phenoxy) is 2. The number of carboxylic acid groups (broad SMARTS) is 1. The van der Waals surface area contributed by atoms with Gasteiger partial charge in [-0.1, -0.05) is 6.92 Å². The van der Waals surface area contributed by atoms with Crippen LogP contribution in [0.2, 0.25) is 0 Å². The highest BCUT2D eigenvalue weighted by Gasteiger charge is 2.38. The first-order valence-corrected chi connectivity index (χ1v) is 9.55. The molecule has 6 nitrogen and oxygen atoms in total. The van der Waals surface area contributed by atoms with Gasteiger partial charge in [0.25, 0.3) is 0 Å². The van der Waals surface area contributed by atoms with Crippen LogP contribution in [-0.4, -0.2) is 28.9 Å². The summed E-state index contributed by atoms with van der Waals surface area (Å²) in [7, 11) is 0. The van der Waals surface area contributed by atoms with Gasteiger partial charge in [0, 0.05) is 18.9 Å². The highest BCUT2D eigenvalue weighted by Crippen LogP contribution is 2.41. The van der Waals surface area contributed by atoms with Crippen molar-refractivity contribution >= 4 is 17.7 Å². The molecule has 1 N–H and O–H groups in total. The molecule has 0 spiro atoms. The Kier molecular flexibility index (Phi) is 7.79. The molecular weight excluding hydrogens is 360 g/mol. The molecule has 0 aromatic heterocycles. The van der Waals surface area contributed by atoms with Crippen LogP contribution in [0.15, 0.2) is 0 Å². The summed E-state index contributed by atoms with van der Waals surface area (Å²) in [6, 6.07) is 0. The summed E-state index contributed by atoms with van der Waals surface area (Å²) >= 11 is 0. The minimum atomic E-state index is -1.09. The van der Waals surface area contributed by atoms with Crippen molar-refractivity contribution in [3.63, 3.8) is 0 Å². The molecule has 1 unspecified atom stereocenters. The maximum atomic E-state index is 11.7. The maximum absolute atomic E-state index is 11.7. The zero-order valence-corrected chi connectivity index (χ0v) is 18.2. The van der Waals surface area contributed by atoms with E-state index in [2.05, 4.69) is 0 Å². The van der Waals surface area contributed by atoms with E-state index in [9.17, 15) is 19.5 Å². The molecule has 0 aliphatic heterocycles. The monoisotopic (exact) mass is 392 g/mol. The van der Waals surface area contributed by atoms with Crippen LogP contribution in [0.3, 0.4) is 0 Å². The lowest BCUT2D eigenvalue weighted by molar-refractivity contribution is -0.152. The Bertz CT molecular complexity index is 776. The van der Waals surface area contributed by atoms with Crippen LogP contribution in [0.25, 0.3) is 0 Å². The molecule has 156 valence electrons. The first kappa shape index (κ1) is 23.7. The summed E-state index contributed by atoms with van der Waals surface area (Å²) in [6.45, 7) is 13.5. The zero-order valence-electron chi connectivity index (χ0n) is 18.2. The summed E-state index contributed by atoms with van der Waals surface area (Å²) in [6.07, 6.45) is 0.696. The van der Waals surface area contributed by atoms with Crippen LogP contribution < -0.4 is 9.47 Å². The minimum absolute atomic E-state index is 0.0375. The molecule has 1 aromatic carbocycles. The number of carbonyl (C=O) groups excluding carboxylic acids is 2. The van der Waals surface area contributed by atoms with Crippen LogP contribution in [0, 0.1) is 26.2 Å². The fourth-order valence-corrected chi connectivity index (χ4v) is 3.23. The number of hydrogen-bond donors (Lipinski definition) is 1. The summed E-state index contributed by atoms with van der Waals surface area (Å²) < 4.78 is 11.7. The molecule has 0 radical (unpaired) electrons. The van der Waals surface area contributed by atoms with Gasteiger partial charge >= 0.3 is 11.9 Å². The van der Waals surface area contributed by atoms with E-state index in [1.54, 1.807) is 13.8 Å². The first-order chi connectivity index (χ1) is 12.8. The van der Waals surface area contributed by atoms with Gasteiger partial charge in [-0.2, -0.15) is 0 Å². The lowest BCUT2D eigenvalue weighted by Gasteiger charge is -2.32. The number of carboxylic acids is 1. The Morgan fingerprint density at radius 3 is 1.96 bits per heavy atom. The summed E-state index contributed by atoms with van der Waals surface area (Å²) in [4.78, 5) is 34.8. The topological polar surface area (TPSA) is 89.9 Å². The average Bonchev–Trinajstić information content (AvgIpc) is 2.58.